The average molecular weight is 478 g/mol. The number of hydrogen-bond acceptors (Lipinski definition) is 6. The Balaban J connectivity index is 1.38. The summed E-state index contributed by atoms with van der Waals surface area (Å²) in [6.45, 7) is 1.59. The first-order chi connectivity index (χ1) is 15.7. The minimum Gasteiger partial charge on any atom is -0.481 e. The fourth-order valence-electron chi connectivity index (χ4n) is 3.68. The maximum Gasteiger partial charge on any atom is 0.417 e. The number of alkyl halides is 3. The molecule has 0 amide bonds. The molecule has 12 heteroatoms. The molecule has 4 aromatic rings. The number of hydrogen-bond donors (Lipinski definition) is 1. The highest BCUT2D eigenvalue weighted by Gasteiger charge is 2.33. The predicted molar refractivity (Wildman–Crippen MR) is 110 cm³/mol. The van der Waals surface area contributed by atoms with Gasteiger partial charge in [-0.2, -0.15) is 18.2 Å². The van der Waals surface area contributed by atoms with Gasteiger partial charge in [-0.15, -0.1) is 0 Å². The highest BCUT2D eigenvalue weighted by Crippen LogP contribution is 2.33. The minimum absolute atomic E-state index is 0.0378. The number of fused-ring (bicyclic) bond motifs is 1. The van der Waals surface area contributed by atoms with Gasteiger partial charge >= 0.3 is 12.1 Å². The lowest BCUT2D eigenvalue weighted by Crippen LogP contribution is -2.49. The molecule has 1 aliphatic rings. The quantitative estimate of drug-likeness (QED) is 0.459. The van der Waals surface area contributed by atoms with Gasteiger partial charge in [-0.25, -0.2) is 4.98 Å². The first kappa shape index (κ1) is 21.4. The summed E-state index contributed by atoms with van der Waals surface area (Å²) < 4.78 is 45.6. The van der Waals surface area contributed by atoms with E-state index in [1.54, 1.807) is 6.07 Å². The summed E-state index contributed by atoms with van der Waals surface area (Å²) in [5.41, 5.74) is 1.06. The molecule has 170 valence electrons. The van der Waals surface area contributed by atoms with E-state index < -0.39 is 17.7 Å². The molecule has 1 N–H and O–H groups in total. The van der Waals surface area contributed by atoms with E-state index in [0.29, 0.717) is 25.2 Å². The van der Waals surface area contributed by atoms with Gasteiger partial charge in [-0.05, 0) is 17.7 Å². The van der Waals surface area contributed by atoms with Crippen LogP contribution in [0.4, 0.5) is 13.2 Å². The van der Waals surface area contributed by atoms with Crippen LogP contribution in [0.3, 0.4) is 0 Å². The van der Waals surface area contributed by atoms with Crippen molar-refractivity contribution in [2.75, 3.05) is 13.1 Å². The summed E-state index contributed by atoms with van der Waals surface area (Å²) in [6.07, 6.45) is -2.31. The highest BCUT2D eigenvalue weighted by molar-refractivity contribution is 6.33. The molecule has 3 aromatic heterocycles. The number of benzene rings is 1. The Bertz CT molecular complexity index is 1360. The highest BCUT2D eigenvalue weighted by atomic mass is 35.5. The molecular formula is C21H15ClF3N5O3. The fourth-order valence-corrected chi connectivity index (χ4v) is 3.94. The van der Waals surface area contributed by atoms with Crippen molar-refractivity contribution >= 4 is 23.2 Å². The van der Waals surface area contributed by atoms with Crippen molar-refractivity contribution in [1.82, 2.24) is 24.4 Å². The monoisotopic (exact) mass is 477 g/mol. The minimum atomic E-state index is -4.55. The Kier molecular flexibility index (Phi) is 5.09. The smallest absolute Gasteiger partial charge is 0.417 e. The van der Waals surface area contributed by atoms with Crippen molar-refractivity contribution < 1.29 is 27.6 Å². The molecule has 0 radical (unpaired) electrons. The molecular weight excluding hydrogens is 463 g/mol. The molecule has 0 saturated carbocycles. The SMILES string of the molecule is O=C(O)C1CN(Cc2cccc(-c3noc(-c4cn5cc(C(F)(F)F)cc(Cl)c5n4)n3)c2)C1. The first-order valence-corrected chi connectivity index (χ1v) is 10.2. The number of aromatic nitrogens is 4. The molecule has 0 bridgehead atoms. The summed E-state index contributed by atoms with van der Waals surface area (Å²) in [4.78, 5) is 21.5. The lowest BCUT2D eigenvalue weighted by Gasteiger charge is -2.36. The number of aliphatic carboxylic acids is 1. The molecule has 0 aliphatic carbocycles. The van der Waals surface area contributed by atoms with E-state index in [0.717, 1.165) is 17.8 Å². The maximum atomic E-state index is 13.0. The third kappa shape index (κ3) is 4.16. The van der Waals surface area contributed by atoms with Crippen LogP contribution in [0.15, 0.2) is 47.2 Å². The number of nitrogens with zero attached hydrogens (tertiary/aromatic N) is 5. The van der Waals surface area contributed by atoms with Gasteiger partial charge < -0.3 is 14.0 Å². The largest absolute Gasteiger partial charge is 0.481 e. The van der Waals surface area contributed by atoms with E-state index in [9.17, 15) is 18.0 Å². The Hall–Kier alpha value is -3.44. The Morgan fingerprint density at radius 3 is 2.73 bits per heavy atom. The van der Waals surface area contributed by atoms with Gasteiger partial charge in [-0.1, -0.05) is 35.0 Å². The third-order valence-corrected chi connectivity index (χ3v) is 5.65. The van der Waals surface area contributed by atoms with Crippen LogP contribution in [-0.4, -0.2) is 48.6 Å². The third-order valence-electron chi connectivity index (χ3n) is 5.38. The number of likely N-dealkylation sites (tertiary alicyclic amines) is 1. The number of carboxylic acids is 1. The molecule has 8 nitrogen and oxygen atoms in total. The fraction of sp³-hybridized carbons (Fsp3) is 0.238. The molecule has 0 atom stereocenters. The lowest BCUT2D eigenvalue weighted by molar-refractivity contribution is -0.147. The van der Waals surface area contributed by atoms with Gasteiger partial charge in [0.1, 0.15) is 5.69 Å². The van der Waals surface area contributed by atoms with Gasteiger partial charge in [0.25, 0.3) is 5.89 Å². The summed E-state index contributed by atoms with van der Waals surface area (Å²) in [5, 5.41) is 12.8. The van der Waals surface area contributed by atoms with Crippen LogP contribution in [-0.2, 0) is 17.5 Å². The second kappa shape index (κ2) is 7.85. The second-order valence-electron chi connectivity index (χ2n) is 7.78. The topological polar surface area (TPSA) is 96.8 Å². The predicted octanol–water partition coefficient (Wildman–Crippen LogP) is 4.24. The summed E-state index contributed by atoms with van der Waals surface area (Å²) >= 11 is 5.99. The van der Waals surface area contributed by atoms with Gasteiger partial charge in [0.2, 0.25) is 5.82 Å². The summed E-state index contributed by atoms with van der Waals surface area (Å²) in [7, 11) is 0. The molecule has 1 aliphatic heterocycles. The van der Waals surface area contributed by atoms with Crippen molar-refractivity contribution in [3.63, 3.8) is 0 Å². The van der Waals surface area contributed by atoms with Gasteiger partial charge in [-0.3, -0.25) is 9.69 Å². The molecule has 1 saturated heterocycles. The number of imidazole rings is 1. The lowest BCUT2D eigenvalue weighted by atomic mass is 9.99. The van der Waals surface area contributed by atoms with Gasteiger partial charge in [0.15, 0.2) is 5.65 Å². The number of carboxylic acid groups (broad SMARTS) is 1. The van der Waals surface area contributed by atoms with Crippen LogP contribution in [0.5, 0.6) is 0 Å². The van der Waals surface area contributed by atoms with E-state index in [4.69, 9.17) is 21.2 Å². The Morgan fingerprint density at radius 2 is 2.00 bits per heavy atom. The van der Waals surface area contributed by atoms with E-state index >= 15 is 0 Å². The Morgan fingerprint density at radius 1 is 1.21 bits per heavy atom. The molecule has 4 heterocycles. The van der Waals surface area contributed by atoms with E-state index in [1.807, 2.05) is 23.1 Å². The molecule has 0 spiro atoms. The number of rotatable bonds is 5. The zero-order chi connectivity index (χ0) is 23.3. The van der Waals surface area contributed by atoms with E-state index in [2.05, 4.69) is 15.1 Å². The van der Waals surface area contributed by atoms with E-state index in [-0.39, 0.29) is 34.0 Å². The molecule has 1 fully saturated rings. The van der Waals surface area contributed by atoms with Gasteiger partial charge in [0.05, 0.1) is 16.5 Å². The van der Waals surface area contributed by atoms with Crippen LogP contribution in [0.2, 0.25) is 5.02 Å². The summed E-state index contributed by atoms with van der Waals surface area (Å²) in [5.74, 6) is -0.796. The number of pyridine rings is 1. The van der Waals surface area contributed by atoms with Crippen LogP contribution in [0.1, 0.15) is 11.1 Å². The number of carbonyl (C=O) groups is 1. The van der Waals surface area contributed by atoms with Crippen LogP contribution in [0.25, 0.3) is 28.6 Å². The second-order valence-corrected chi connectivity index (χ2v) is 8.19. The zero-order valence-electron chi connectivity index (χ0n) is 16.8. The molecule has 0 unspecified atom stereocenters. The molecule has 1 aromatic carbocycles. The maximum absolute atomic E-state index is 13.0. The van der Waals surface area contributed by atoms with Crippen LogP contribution < -0.4 is 0 Å². The van der Waals surface area contributed by atoms with E-state index in [1.165, 1.54) is 10.6 Å². The van der Waals surface area contributed by atoms with Crippen LogP contribution in [0, 0.1) is 5.92 Å². The molecule has 5 rings (SSSR count). The standard InChI is InChI=1S/C21H15ClF3N5O3/c22-15-5-14(21(23,24)25)9-30-10-16(26-18(15)30)19-27-17(28-33-19)12-3-1-2-11(4-12)6-29-7-13(8-29)20(31)32/h1-5,9-10,13H,6-8H2,(H,31,32). The van der Waals surface area contributed by atoms with Crippen molar-refractivity contribution in [1.29, 1.82) is 0 Å². The average Bonchev–Trinajstić information content (AvgIpc) is 3.37. The molecule has 33 heavy (non-hydrogen) atoms. The zero-order valence-corrected chi connectivity index (χ0v) is 17.5. The summed E-state index contributed by atoms with van der Waals surface area (Å²) in [6, 6.07) is 8.23. The van der Waals surface area contributed by atoms with Gasteiger partial charge in [0, 0.05) is 37.6 Å². The number of halogens is 4. The van der Waals surface area contributed by atoms with Crippen LogP contribution >= 0.6 is 11.6 Å². The van der Waals surface area contributed by atoms with Crippen molar-refractivity contribution in [2.45, 2.75) is 12.7 Å². The Labute approximate surface area is 189 Å². The van der Waals surface area contributed by atoms with Crippen molar-refractivity contribution in [3.8, 4) is 23.0 Å². The van der Waals surface area contributed by atoms with Crippen molar-refractivity contribution in [3.05, 3.63) is 58.9 Å². The normalized spacial score (nSPS) is 15.2. The van der Waals surface area contributed by atoms with Crippen molar-refractivity contribution in [2.24, 2.45) is 5.92 Å². The first-order valence-electron chi connectivity index (χ1n) is 9.81.